The van der Waals surface area contributed by atoms with E-state index in [-0.39, 0.29) is 17.6 Å². The topological polar surface area (TPSA) is 26.0 Å². The number of hydrogen-bond acceptors (Lipinski definition) is 1. The Hall–Kier alpha value is -2.68. The highest BCUT2D eigenvalue weighted by molar-refractivity contribution is 5.57. The van der Waals surface area contributed by atoms with Gasteiger partial charge in [-0.2, -0.15) is 0 Å². The van der Waals surface area contributed by atoms with E-state index in [0.29, 0.717) is 0 Å². The lowest BCUT2D eigenvalue weighted by Gasteiger charge is -2.21. The van der Waals surface area contributed by atoms with E-state index in [0.717, 1.165) is 33.5 Å². The van der Waals surface area contributed by atoms with Crippen LogP contribution in [0, 0.1) is 25.5 Å². The Balaban J connectivity index is 2.18. The van der Waals surface area contributed by atoms with Crippen molar-refractivity contribution in [2.45, 2.75) is 19.8 Å². The van der Waals surface area contributed by atoms with Crippen LogP contribution in [0.25, 0.3) is 0 Å². The van der Waals surface area contributed by atoms with Crippen LogP contribution in [0.2, 0.25) is 0 Å². The van der Waals surface area contributed by atoms with Gasteiger partial charge in [-0.25, -0.2) is 8.78 Å². The summed E-state index contributed by atoms with van der Waals surface area (Å²) in [7, 11) is 0. The van der Waals surface area contributed by atoms with Gasteiger partial charge in [0.2, 0.25) is 0 Å². The van der Waals surface area contributed by atoms with Crippen molar-refractivity contribution >= 4 is 5.69 Å². The molecule has 0 unspecified atom stereocenters. The van der Waals surface area contributed by atoms with Gasteiger partial charge in [0, 0.05) is 11.6 Å². The van der Waals surface area contributed by atoms with Crippen LogP contribution in [0.15, 0.2) is 60.7 Å². The van der Waals surface area contributed by atoms with Crippen molar-refractivity contribution in [2.75, 3.05) is 5.73 Å². The molecule has 0 atom stereocenters. The van der Waals surface area contributed by atoms with Crippen molar-refractivity contribution in [3.05, 3.63) is 100 Å². The molecule has 0 aliphatic heterocycles. The van der Waals surface area contributed by atoms with Gasteiger partial charge < -0.3 is 5.73 Å². The predicted octanol–water partition coefficient (Wildman–Crippen LogP) is 5.34. The van der Waals surface area contributed by atoms with E-state index in [4.69, 9.17) is 5.73 Å². The largest absolute Gasteiger partial charge is 0.398 e. The summed E-state index contributed by atoms with van der Waals surface area (Å²) in [6.45, 7) is 3.94. The van der Waals surface area contributed by atoms with Crippen molar-refractivity contribution in [1.29, 1.82) is 0 Å². The molecule has 24 heavy (non-hydrogen) atoms. The molecule has 0 heterocycles. The number of rotatable bonds is 3. The molecule has 3 heteroatoms. The number of aryl methyl sites for hydroxylation is 2. The van der Waals surface area contributed by atoms with Gasteiger partial charge in [-0.05, 0) is 65.9 Å². The normalized spacial score (nSPS) is 11.0. The summed E-state index contributed by atoms with van der Waals surface area (Å²) in [5.41, 5.74) is 11.8. The molecule has 0 spiro atoms. The number of hydrogen-bond donors (Lipinski definition) is 1. The summed E-state index contributed by atoms with van der Waals surface area (Å²) in [5, 5.41) is 0. The van der Waals surface area contributed by atoms with Crippen LogP contribution in [0.3, 0.4) is 0 Å². The molecule has 0 aliphatic rings. The minimum Gasteiger partial charge on any atom is -0.398 e. The van der Waals surface area contributed by atoms with Crippen LogP contribution in [0.4, 0.5) is 14.5 Å². The van der Waals surface area contributed by atoms with Gasteiger partial charge in [-0.15, -0.1) is 0 Å². The Bertz CT molecular complexity index is 784. The van der Waals surface area contributed by atoms with Crippen molar-refractivity contribution in [1.82, 2.24) is 0 Å². The summed E-state index contributed by atoms with van der Waals surface area (Å²) in [4.78, 5) is 0. The van der Waals surface area contributed by atoms with Gasteiger partial charge in [0.25, 0.3) is 0 Å². The molecule has 0 aromatic heterocycles. The molecule has 0 radical (unpaired) electrons. The third kappa shape index (κ3) is 3.16. The average molecular weight is 323 g/mol. The molecule has 0 bridgehead atoms. The summed E-state index contributed by atoms with van der Waals surface area (Å²) in [5.74, 6) is -0.660. The molecule has 3 aromatic carbocycles. The molecule has 1 nitrogen and oxygen atoms in total. The number of nitrogens with two attached hydrogens (primary N) is 1. The molecule has 0 amide bonds. The monoisotopic (exact) mass is 323 g/mol. The van der Waals surface area contributed by atoms with Crippen LogP contribution in [0.5, 0.6) is 0 Å². The van der Waals surface area contributed by atoms with Gasteiger partial charge >= 0.3 is 0 Å². The fourth-order valence-corrected chi connectivity index (χ4v) is 3.06. The molecule has 0 fully saturated rings. The smallest absolute Gasteiger partial charge is 0.123 e. The Kier molecular flexibility index (Phi) is 4.34. The first kappa shape index (κ1) is 16.2. The molecular weight excluding hydrogens is 304 g/mol. The summed E-state index contributed by atoms with van der Waals surface area (Å²) < 4.78 is 26.6. The lowest BCUT2D eigenvalue weighted by atomic mass is 9.83. The van der Waals surface area contributed by atoms with Crippen molar-refractivity contribution < 1.29 is 8.78 Å². The zero-order chi connectivity index (χ0) is 17.3. The van der Waals surface area contributed by atoms with Crippen LogP contribution >= 0.6 is 0 Å². The van der Waals surface area contributed by atoms with Crippen LogP contribution in [0.1, 0.15) is 33.7 Å². The SMILES string of the molecule is Cc1cc(C(c2ccc(F)cc2)c2ccc(F)cc2)cc(C)c1N. The second-order valence-corrected chi connectivity index (χ2v) is 6.10. The molecule has 122 valence electrons. The Morgan fingerprint density at radius 3 is 1.42 bits per heavy atom. The van der Waals surface area contributed by atoms with Gasteiger partial charge in [-0.3, -0.25) is 0 Å². The third-order valence-corrected chi connectivity index (χ3v) is 4.36. The number of anilines is 1. The standard InChI is InChI=1S/C21H19F2N/c1-13-11-17(12-14(2)21(13)24)20(15-3-7-18(22)8-4-15)16-5-9-19(23)10-6-16/h3-12,20H,24H2,1-2H3. The van der Waals surface area contributed by atoms with E-state index >= 15 is 0 Å². The first-order valence-electron chi connectivity index (χ1n) is 7.83. The van der Waals surface area contributed by atoms with E-state index in [1.54, 1.807) is 24.3 Å². The highest BCUT2D eigenvalue weighted by Gasteiger charge is 2.18. The Morgan fingerprint density at radius 2 is 1.04 bits per heavy atom. The van der Waals surface area contributed by atoms with Crippen LogP contribution in [-0.4, -0.2) is 0 Å². The third-order valence-electron chi connectivity index (χ3n) is 4.36. The van der Waals surface area contributed by atoms with E-state index in [2.05, 4.69) is 0 Å². The molecule has 0 aliphatic carbocycles. The Morgan fingerprint density at radius 1 is 0.667 bits per heavy atom. The van der Waals surface area contributed by atoms with Crippen molar-refractivity contribution in [3.8, 4) is 0 Å². The second-order valence-electron chi connectivity index (χ2n) is 6.10. The summed E-state index contributed by atoms with van der Waals surface area (Å²) in [6.07, 6.45) is 0. The van der Waals surface area contributed by atoms with Gasteiger partial charge in [0.1, 0.15) is 11.6 Å². The first-order chi connectivity index (χ1) is 11.5. The molecule has 3 aromatic rings. The molecule has 0 saturated heterocycles. The maximum atomic E-state index is 13.3. The van der Waals surface area contributed by atoms with Gasteiger partial charge in [0.15, 0.2) is 0 Å². The second kappa shape index (κ2) is 6.44. The van der Waals surface area contributed by atoms with Gasteiger partial charge in [-0.1, -0.05) is 36.4 Å². The van der Waals surface area contributed by atoms with E-state index in [1.165, 1.54) is 24.3 Å². The zero-order valence-corrected chi connectivity index (χ0v) is 13.7. The maximum Gasteiger partial charge on any atom is 0.123 e. The number of nitrogen functional groups attached to an aromatic ring is 1. The van der Waals surface area contributed by atoms with Gasteiger partial charge in [0.05, 0.1) is 0 Å². The molecular formula is C21H19F2N. The lowest BCUT2D eigenvalue weighted by molar-refractivity contribution is 0.626. The average Bonchev–Trinajstić information content (AvgIpc) is 2.56. The number of halogens is 2. The predicted molar refractivity (Wildman–Crippen MR) is 94.1 cm³/mol. The maximum absolute atomic E-state index is 13.3. The Labute approximate surface area is 140 Å². The van der Waals surface area contributed by atoms with Crippen molar-refractivity contribution in [3.63, 3.8) is 0 Å². The minimum atomic E-state index is -0.277. The van der Waals surface area contributed by atoms with Crippen LogP contribution in [-0.2, 0) is 0 Å². The van der Waals surface area contributed by atoms with E-state index < -0.39 is 0 Å². The zero-order valence-electron chi connectivity index (χ0n) is 13.7. The van der Waals surface area contributed by atoms with Crippen LogP contribution < -0.4 is 5.73 Å². The fourth-order valence-electron chi connectivity index (χ4n) is 3.06. The fraction of sp³-hybridized carbons (Fsp3) is 0.143. The van der Waals surface area contributed by atoms with Crippen molar-refractivity contribution in [2.24, 2.45) is 0 Å². The highest BCUT2D eigenvalue weighted by atomic mass is 19.1. The minimum absolute atomic E-state index is 0.107. The quantitative estimate of drug-likeness (QED) is 0.511. The summed E-state index contributed by atoms with van der Waals surface area (Å²) >= 11 is 0. The lowest BCUT2D eigenvalue weighted by Crippen LogP contribution is -2.06. The highest BCUT2D eigenvalue weighted by Crippen LogP contribution is 2.34. The molecule has 2 N–H and O–H groups in total. The first-order valence-corrected chi connectivity index (χ1v) is 7.83. The molecule has 0 saturated carbocycles. The number of benzene rings is 3. The van der Waals surface area contributed by atoms with E-state index in [1.807, 2.05) is 26.0 Å². The summed E-state index contributed by atoms with van der Waals surface area (Å²) in [6, 6.07) is 16.9. The van der Waals surface area contributed by atoms with E-state index in [9.17, 15) is 8.78 Å². The molecule has 3 rings (SSSR count).